The van der Waals surface area contributed by atoms with Crippen molar-refractivity contribution in [2.24, 2.45) is 0 Å². The van der Waals surface area contributed by atoms with E-state index in [0.29, 0.717) is 11.3 Å². The Morgan fingerprint density at radius 2 is 1.24 bits per heavy atom. The first kappa shape index (κ1) is 25.0. The standard InChI is InChI=1S/C27H26F3NO3/c1-26(2,3)21-13-7-19(8-14-21)20-9-15-23(16-10-20)31(24(32)25(33)34-4)17-18-5-11-22(12-6-18)27(28,29)30/h5-16H,17H2,1-4H3. The third kappa shape index (κ3) is 5.84. The number of hydrogen-bond donors (Lipinski definition) is 0. The van der Waals surface area contributed by atoms with Crippen molar-refractivity contribution in [3.05, 3.63) is 89.5 Å². The average molecular weight is 470 g/mol. The molecule has 0 heterocycles. The molecule has 178 valence electrons. The van der Waals surface area contributed by atoms with Gasteiger partial charge in [0, 0.05) is 5.69 Å². The molecule has 0 saturated heterocycles. The molecule has 3 aromatic carbocycles. The van der Waals surface area contributed by atoms with E-state index in [0.717, 1.165) is 30.4 Å². The first-order chi connectivity index (χ1) is 15.9. The number of carbonyl (C=O) groups excluding carboxylic acids is 2. The Kier molecular flexibility index (Phi) is 7.15. The van der Waals surface area contributed by atoms with Crippen LogP contribution in [-0.4, -0.2) is 19.0 Å². The maximum Gasteiger partial charge on any atom is 0.416 e. The van der Waals surface area contributed by atoms with Crippen LogP contribution in [0.3, 0.4) is 0 Å². The highest BCUT2D eigenvalue weighted by Crippen LogP contribution is 2.30. The van der Waals surface area contributed by atoms with Gasteiger partial charge in [0.05, 0.1) is 19.2 Å². The van der Waals surface area contributed by atoms with E-state index < -0.39 is 23.6 Å². The van der Waals surface area contributed by atoms with Gasteiger partial charge in [-0.2, -0.15) is 13.2 Å². The number of anilines is 1. The van der Waals surface area contributed by atoms with Gasteiger partial charge in [0.2, 0.25) is 0 Å². The Hall–Kier alpha value is -3.61. The third-order valence-electron chi connectivity index (χ3n) is 5.49. The molecule has 0 unspecified atom stereocenters. The number of rotatable bonds is 4. The van der Waals surface area contributed by atoms with E-state index in [9.17, 15) is 22.8 Å². The number of alkyl halides is 3. The van der Waals surface area contributed by atoms with Crippen molar-refractivity contribution < 1.29 is 27.5 Å². The zero-order valence-electron chi connectivity index (χ0n) is 19.4. The van der Waals surface area contributed by atoms with Gasteiger partial charge in [0.1, 0.15) is 0 Å². The smallest absolute Gasteiger partial charge is 0.416 e. The van der Waals surface area contributed by atoms with E-state index in [1.807, 2.05) is 24.3 Å². The lowest BCUT2D eigenvalue weighted by Crippen LogP contribution is -2.36. The second-order valence-electron chi connectivity index (χ2n) is 8.95. The van der Waals surface area contributed by atoms with Crippen molar-refractivity contribution in [1.82, 2.24) is 0 Å². The lowest BCUT2D eigenvalue weighted by atomic mass is 9.86. The highest BCUT2D eigenvalue weighted by molar-refractivity contribution is 6.38. The Balaban J connectivity index is 1.88. The van der Waals surface area contributed by atoms with Crippen molar-refractivity contribution in [2.75, 3.05) is 12.0 Å². The van der Waals surface area contributed by atoms with Crippen molar-refractivity contribution in [1.29, 1.82) is 0 Å². The molecule has 0 saturated carbocycles. The number of esters is 1. The molecule has 0 aliphatic rings. The maximum absolute atomic E-state index is 12.9. The largest absolute Gasteiger partial charge is 0.462 e. The van der Waals surface area contributed by atoms with Crippen LogP contribution in [-0.2, 0) is 32.5 Å². The van der Waals surface area contributed by atoms with Crippen molar-refractivity contribution in [3.8, 4) is 11.1 Å². The first-order valence-corrected chi connectivity index (χ1v) is 10.7. The number of nitrogens with zero attached hydrogens (tertiary/aromatic N) is 1. The molecule has 1 amide bonds. The van der Waals surface area contributed by atoms with E-state index >= 15 is 0 Å². The van der Waals surface area contributed by atoms with Crippen LogP contribution in [0.25, 0.3) is 11.1 Å². The number of benzene rings is 3. The summed E-state index contributed by atoms with van der Waals surface area (Å²) in [6.07, 6.45) is -4.46. The van der Waals surface area contributed by atoms with Crippen LogP contribution >= 0.6 is 0 Å². The van der Waals surface area contributed by atoms with E-state index in [-0.39, 0.29) is 12.0 Å². The summed E-state index contributed by atoms with van der Waals surface area (Å²) in [6.45, 7) is 6.33. The number of carbonyl (C=O) groups is 2. The highest BCUT2D eigenvalue weighted by atomic mass is 19.4. The number of methoxy groups -OCH3 is 1. The third-order valence-corrected chi connectivity index (χ3v) is 5.49. The Bertz CT molecular complexity index is 1140. The molecule has 0 spiro atoms. The molecule has 0 aromatic heterocycles. The first-order valence-electron chi connectivity index (χ1n) is 10.7. The molecule has 7 heteroatoms. The van der Waals surface area contributed by atoms with Gasteiger partial charge in [-0.25, -0.2) is 4.79 Å². The summed E-state index contributed by atoms with van der Waals surface area (Å²) in [4.78, 5) is 25.8. The average Bonchev–Trinajstić information content (AvgIpc) is 2.81. The quantitative estimate of drug-likeness (QED) is 0.329. The monoisotopic (exact) mass is 469 g/mol. The van der Waals surface area contributed by atoms with Gasteiger partial charge in [-0.1, -0.05) is 69.3 Å². The van der Waals surface area contributed by atoms with Gasteiger partial charge in [-0.05, 0) is 51.9 Å². The normalized spacial score (nSPS) is 11.7. The summed E-state index contributed by atoms with van der Waals surface area (Å²) < 4.78 is 43.1. The molecule has 0 N–H and O–H groups in total. The summed E-state index contributed by atoms with van der Waals surface area (Å²) in [5.41, 5.74) is 3.23. The van der Waals surface area contributed by atoms with Gasteiger partial charge >= 0.3 is 18.1 Å². The molecule has 34 heavy (non-hydrogen) atoms. The predicted molar refractivity (Wildman–Crippen MR) is 125 cm³/mol. The topological polar surface area (TPSA) is 46.6 Å². The molecule has 0 aliphatic heterocycles. The van der Waals surface area contributed by atoms with Crippen LogP contribution in [0.1, 0.15) is 37.5 Å². The molecule has 0 aliphatic carbocycles. The Labute approximate surface area is 197 Å². The minimum absolute atomic E-state index is 0.0371. The lowest BCUT2D eigenvalue weighted by molar-refractivity contribution is -0.151. The molecule has 4 nitrogen and oxygen atoms in total. The Morgan fingerprint density at radius 1 is 0.765 bits per heavy atom. The fourth-order valence-corrected chi connectivity index (χ4v) is 3.46. The molecule has 0 fully saturated rings. The lowest BCUT2D eigenvalue weighted by Gasteiger charge is -2.22. The van der Waals surface area contributed by atoms with E-state index in [4.69, 9.17) is 0 Å². The number of amides is 1. The second-order valence-corrected chi connectivity index (χ2v) is 8.95. The van der Waals surface area contributed by atoms with Crippen LogP contribution in [0.4, 0.5) is 18.9 Å². The van der Waals surface area contributed by atoms with Crippen LogP contribution in [0.5, 0.6) is 0 Å². The van der Waals surface area contributed by atoms with Gasteiger partial charge in [-0.15, -0.1) is 0 Å². The van der Waals surface area contributed by atoms with Crippen molar-refractivity contribution in [2.45, 2.75) is 38.9 Å². The van der Waals surface area contributed by atoms with E-state index in [2.05, 4.69) is 37.6 Å². The molecule has 0 radical (unpaired) electrons. The van der Waals surface area contributed by atoms with E-state index in [1.165, 1.54) is 22.6 Å². The SMILES string of the molecule is COC(=O)C(=O)N(Cc1ccc(C(F)(F)F)cc1)c1ccc(-c2ccc(C(C)(C)C)cc2)cc1. The Morgan fingerprint density at radius 3 is 1.68 bits per heavy atom. The zero-order chi connectivity index (χ0) is 25.1. The van der Waals surface area contributed by atoms with Crippen molar-refractivity contribution in [3.63, 3.8) is 0 Å². The summed E-state index contributed by atoms with van der Waals surface area (Å²) in [6, 6.07) is 19.7. The molecule has 0 atom stereocenters. The van der Waals surface area contributed by atoms with Gasteiger partial charge in [0.15, 0.2) is 0 Å². The fraction of sp³-hybridized carbons (Fsp3) is 0.259. The summed E-state index contributed by atoms with van der Waals surface area (Å²) >= 11 is 0. The van der Waals surface area contributed by atoms with Crippen LogP contribution in [0.2, 0.25) is 0 Å². The van der Waals surface area contributed by atoms with Crippen LogP contribution < -0.4 is 4.90 Å². The number of ether oxygens (including phenoxy) is 1. The van der Waals surface area contributed by atoms with Gasteiger partial charge in [-0.3, -0.25) is 9.69 Å². The molecular formula is C27H26F3NO3. The number of halogens is 3. The zero-order valence-corrected chi connectivity index (χ0v) is 19.4. The molecule has 3 rings (SSSR count). The molecule has 0 bridgehead atoms. The summed E-state index contributed by atoms with van der Waals surface area (Å²) in [5, 5.41) is 0. The maximum atomic E-state index is 12.9. The number of hydrogen-bond acceptors (Lipinski definition) is 3. The second kappa shape index (κ2) is 9.71. The van der Waals surface area contributed by atoms with Crippen LogP contribution in [0.15, 0.2) is 72.8 Å². The summed E-state index contributed by atoms with van der Waals surface area (Å²) in [5.74, 6) is -1.97. The highest BCUT2D eigenvalue weighted by Gasteiger charge is 2.30. The van der Waals surface area contributed by atoms with Gasteiger partial charge in [0.25, 0.3) is 0 Å². The minimum Gasteiger partial charge on any atom is -0.462 e. The van der Waals surface area contributed by atoms with Gasteiger partial charge < -0.3 is 4.74 Å². The summed E-state index contributed by atoms with van der Waals surface area (Å²) in [7, 11) is 1.10. The fourth-order valence-electron chi connectivity index (χ4n) is 3.46. The minimum atomic E-state index is -4.46. The molecule has 3 aromatic rings. The van der Waals surface area contributed by atoms with E-state index in [1.54, 1.807) is 12.1 Å². The predicted octanol–water partition coefficient (Wildman–Crippen LogP) is 6.38. The van der Waals surface area contributed by atoms with Crippen LogP contribution in [0, 0.1) is 0 Å². The molecular weight excluding hydrogens is 443 g/mol. The van der Waals surface area contributed by atoms with Crippen molar-refractivity contribution >= 4 is 17.6 Å².